The smallest absolute Gasteiger partial charge is 0.338 e. The number of para-hydroxylation sites is 1. The molecule has 0 spiro atoms. The molecular weight excluding hydrogens is 530 g/mol. The van der Waals surface area contributed by atoms with Gasteiger partial charge in [0.2, 0.25) is 11.8 Å². The number of methoxy groups -OCH3 is 2. The van der Waals surface area contributed by atoms with Gasteiger partial charge in [-0.15, -0.1) is 0 Å². The summed E-state index contributed by atoms with van der Waals surface area (Å²) in [6.45, 7) is 2.40. The van der Waals surface area contributed by atoms with Crippen LogP contribution in [0.25, 0.3) is 0 Å². The Morgan fingerprint density at radius 1 is 1.00 bits per heavy atom. The van der Waals surface area contributed by atoms with Crippen LogP contribution in [0.15, 0.2) is 77.8 Å². The second-order valence-electron chi connectivity index (χ2n) is 8.81. The van der Waals surface area contributed by atoms with Crippen LogP contribution in [0.5, 0.6) is 11.5 Å². The van der Waals surface area contributed by atoms with E-state index in [1.54, 1.807) is 50.3 Å². The molecule has 0 radical (unpaired) electrons. The van der Waals surface area contributed by atoms with Gasteiger partial charge >= 0.3 is 5.97 Å². The van der Waals surface area contributed by atoms with Crippen molar-refractivity contribution in [2.75, 3.05) is 32.7 Å². The summed E-state index contributed by atoms with van der Waals surface area (Å²) in [5, 5.41) is 2.64. The molecule has 4 rings (SSSR count). The fourth-order valence-corrected chi connectivity index (χ4v) is 5.20. The SMILES string of the molecule is CCOC(=O)c1ccc(NC(=O)[C@H]2CC(=O)N(CCc3ccc(OC)c(OC)c3)C(=Nc3ccccc3)S2)cc1. The zero-order chi connectivity index (χ0) is 28.5. The molecule has 2 amide bonds. The van der Waals surface area contributed by atoms with Crippen LogP contribution in [0.4, 0.5) is 11.4 Å². The molecule has 0 unspecified atom stereocenters. The van der Waals surface area contributed by atoms with Gasteiger partial charge in [-0.05, 0) is 67.4 Å². The van der Waals surface area contributed by atoms with Crippen LogP contribution in [0.3, 0.4) is 0 Å². The number of ether oxygens (including phenoxy) is 3. The number of nitrogens with zero attached hydrogens (tertiary/aromatic N) is 2. The molecule has 1 aliphatic heterocycles. The largest absolute Gasteiger partial charge is 0.493 e. The predicted molar refractivity (Wildman–Crippen MR) is 156 cm³/mol. The predicted octanol–water partition coefficient (Wildman–Crippen LogP) is 5.08. The molecule has 3 aromatic carbocycles. The van der Waals surface area contributed by atoms with Crippen LogP contribution in [0.1, 0.15) is 29.3 Å². The molecule has 9 nitrogen and oxygen atoms in total. The highest BCUT2D eigenvalue weighted by atomic mass is 32.2. The number of hydrogen-bond donors (Lipinski definition) is 1. The van der Waals surface area contributed by atoms with E-state index in [0.29, 0.717) is 46.6 Å². The van der Waals surface area contributed by atoms with Crippen LogP contribution >= 0.6 is 11.8 Å². The molecule has 0 aromatic heterocycles. The Bertz CT molecular complexity index is 1380. The summed E-state index contributed by atoms with van der Waals surface area (Å²) < 4.78 is 15.7. The quantitative estimate of drug-likeness (QED) is 0.344. The van der Waals surface area contributed by atoms with E-state index in [2.05, 4.69) is 5.32 Å². The Hall–Kier alpha value is -4.31. The molecule has 3 aromatic rings. The Morgan fingerprint density at radius 2 is 1.73 bits per heavy atom. The first kappa shape index (κ1) is 28.7. The van der Waals surface area contributed by atoms with E-state index in [-0.39, 0.29) is 24.8 Å². The number of anilines is 1. The van der Waals surface area contributed by atoms with Crippen LogP contribution in [-0.2, 0) is 20.7 Å². The van der Waals surface area contributed by atoms with Crippen molar-refractivity contribution in [2.24, 2.45) is 4.99 Å². The van der Waals surface area contributed by atoms with Crippen molar-refractivity contribution in [3.05, 3.63) is 83.9 Å². The minimum atomic E-state index is -0.669. The highest BCUT2D eigenvalue weighted by Gasteiger charge is 2.36. The summed E-state index contributed by atoms with van der Waals surface area (Å²) in [5.41, 5.74) is 2.57. The Balaban J connectivity index is 1.49. The lowest BCUT2D eigenvalue weighted by Crippen LogP contribution is -2.46. The molecule has 1 saturated heterocycles. The summed E-state index contributed by atoms with van der Waals surface area (Å²) in [4.78, 5) is 44.8. The molecular formula is C30H31N3O6S. The van der Waals surface area contributed by atoms with E-state index in [0.717, 1.165) is 5.56 Å². The number of amides is 2. The van der Waals surface area contributed by atoms with Crippen LogP contribution < -0.4 is 14.8 Å². The van der Waals surface area contributed by atoms with Gasteiger partial charge in [0.1, 0.15) is 5.25 Å². The summed E-state index contributed by atoms with van der Waals surface area (Å²) in [6, 6.07) is 21.4. The summed E-state index contributed by atoms with van der Waals surface area (Å²) in [5.74, 6) is 0.314. The third-order valence-corrected chi connectivity index (χ3v) is 7.34. The van der Waals surface area contributed by atoms with Gasteiger partial charge < -0.3 is 19.5 Å². The van der Waals surface area contributed by atoms with Crippen molar-refractivity contribution in [2.45, 2.75) is 25.0 Å². The standard InChI is InChI=1S/C30H31N3O6S/c1-4-39-29(36)21-11-13-23(14-12-21)31-28(35)26-19-27(34)33(30(40-26)32-22-8-6-5-7-9-22)17-16-20-10-15-24(37-2)25(18-20)38-3/h5-15,18,26H,4,16-17,19H2,1-3H3,(H,31,35)/t26-/m1/s1. The van der Waals surface area contributed by atoms with Gasteiger partial charge in [-0.25, -0.2) is 9.79 Å². The monoisotopic (exact) mass is 561 g/mol. The van der Waals surface area contributed by atoms with Gasteiger partial charge in [0.25, 0.3) is 0 Å². The first-order valence-corrected chi connectivity index (χ1v) is 13.7. The Labute approximate surface area is 237 Å². The van der Waals surface area contributed by atoms with Gasteiger partial charge in [0.05, 0.1) is 32.1 Å². The van der Waals surface area contributed by atoms with E-state index in [9.17, 15) is 14.4 Å². The number of nitrogens with one attached hydrogen (secondary N) is 1. The minimum Gasteiger partial charge on any atom is -0.493 e. The molecule has 0 bridgehead atoms. The number of benzene rings is 3. The van der Waals surface area contributed by atoms with Crippen molar-refractivity contribution in [3.8, 4) is 11.5 Å². The molecule has 0 aliphatic carbocycles. The Morgan fingerprint density at radius 3 is 2.40 bits per heavy atom. The lowest BCUT2D eigenvalue weighted by Gasteiger charge is -2.32. The van der Waals surface area contributed by atoms with E-state index in [4.69, 9.17) is 19.2 Å². The van der Waals surface area contributed by atoms with Gasteiger partial charge in [-0.1, -0.05) is 36.0 Å². The fourth-order valence-electron chi connectivity index (χ4n) is 4.08. The molecule has 208 valence electrons. The summed E-state index contributed by atoms with van der Waals surface area (Å²) >= 11 is 1.25. The maximum absolute atomic E-state index is 13.3. The number of aliphatic imine (C=N–C) groups is 1. The van der Waals surface area contributed by atoms with Gasteiger partial charge in [0, 0.05) is 18.7 Å². The molecule has 1 fully saturated rings. The van der Waals surface area contributed by atoms with Crippen molar-refractivity contribution >= 4 is 46.1 Å². The van der Waals surface area contributed by atoms with Gasteiger partial charge in [0.15, 0.2) is 16.7 Å². The average molecular weight is 562 g/mol. The van der Waals surface area contributed by atoms with Crippen molar-refractivity contribution < 1.29 is 28.6 Å². The molecule has 0 saturated carbocycles. The number of thioether (sulfide) groups is 1. The zero-order valence-corrected chi connectivity index (χ0v) is 23.4. The van der Waals surface area contributed by atoms with Crippen LogP contribution in [-0.4, -0.2) is 60.5 Å². The third-order valence-electron chi connectivity index (χ3n) is 6.15. The van der Waals surface area contributed by atoms with E-state index < -0.39 is 11.2 Å². The molecule has 1 heterocycles. The van der Waals surface area contributed by atoms with Crippen LogP contribution in [0, 0.1) is 0 Å². The third kappa shape index (κ3) is 7.20. The summed E-state index contributed by atoms with van der Waals surface area (Å²) in [7, 11) is 3.16. The number of rotatable bonds is 10. The number of esters is 1. The lowest BCUT2D eigenvalue weighted by molar-refractivity contribution is -0.129. The fraction of sp³-hybridized carbons (Fsp3) is 0.267. The number of hydrogen-bond acceptors (Lipinski definition) is 8. The first-order valence-electron chi connectivity index (χ1n) is 12.8. The minimum absolute atomic E-state index is 0.0250. The molecule has 10 heteroatoms. The number of carbonyl (C=O) groups excluding carboxylic acids is 3. The second kappa shape index (κ2) is 13.7. The van der Waals surface area contributed by atoms with Gasteiger partial charge in [-0.3, -0.25) is 14.5 Å². The highest BCUT2D eigenvalue weighted by molar-refractivity contribution is 8.15. The van der Waals surface area contributed by atoms with Crippen molar-refractivity contribution in [3.63, 3.8) is 0 Å². The molecule has 40 heavy (non-hydrogen) atoms. The van der Waals surface area contributed by atoms with E-state index in [1.807, 2.05) is 48.5 Å². The number of amidine groups is 1. The topological polar surface area (TPSA) is 107 Å². The normalized spacial score (nSPS) is 16.0. The van der Waals surface area contributed by atoms with Crippen molar-refractivity contribution in [1.29, 1.82) is 0 Å². The first-order chi connectivity index (χ1) is 19.4. The molecule has 1 N–H and O–H groups in total. The lowest BCUT2D eigenvalue weighted by atomic mass is 10.1. The van der Waals surface area contributed by atoms with E-state index in [1.165, 1.54) is 11.8 Å². The number of carbonyl (C=O) groups is 3. The maximum Gasteiger partial charge on any atom is 0.338 e. The average Bonchev–Trinajstić information content (AvgIpc) is 2.97. The highest BCUT2D eigenvalue weighted by Crippen LogP contribution is 2.31. The van der Waals surface area contributed by atoms with Crippen molar-refractivity contribution in [1.82, 2.24) is 4.90 Å². The zero-order valence-electron chi connectivity index (χ0n) is 22.6. The van der Waals surface area contributed by atoms with Gasteiger partial charge in [-0.2, -0.15) is 0 Å². The van der Waals surface area contributed by atoms with E-state index >= 15 is 0 Å². The molecule has 1 aliphatic rings. The van der Waals surface area contributed by atoms with Crippen LogP contribution in [0.2, 0.25) is 0 Å². The summed E-state index contributed by atoms with van der Waals surface area (Å²) in [6.07, 6.45) is 0.585. The molecule has 1 atom stereocenters. The maximum atomic E-state index is 13.3. The second-order valence-corrected chi connectivity index (χ2v) is 9.98. The Kier molecular flexibility index (Phi) is 9.80.